The number of rotatable bonds is 9. The molecule has 0 fully saturated rings. The number of hydrogen-bond donors (Lipinski definition) is 3. The highest BCUT2D eigenvalue weighted by Crippen LogP contribution is 2.34. The fraction of sp³-hybridized carbons (Fsp3) is 0.455. The summed E-state index contributed by atoms with van der Waals surface area (Å²) >= 11 is 0. The number of methoxy groups -OCH3 is 1. The average Bonchev–Trinajstić information content (AvgIpc) is 2.66. The van der Waals surface area contributed by atoms with Crippen LogP contribution < -0.4 is 14.8 Å². The average molecular weight is 373 g/mol. The molecule has 2 atom stereocenters. The van der Waals surface area contributed by atoms with Crippen LogP contribution in [0, 0.1) is 0 Å². The Morgan fingerprint density at radius 3 is 2.33 bits per heavy atom. The lowest BCUT2D eigenvalue weighted by atomic mass is 9.86. The molecule has 2 aromatic rings. The molecule has 0 spiro atoms. The maximum absolute atomic E-state index is 10.2. The highest BCUT2D eigenvalue weighted by molar-refractivity contribution is 5.44. The van der Waals surface area contributed by atoms with Crippen molar-refractivity contribution in [1.29, 1.82) is 0 Å². The van der Waals surface area contributed by atoms with Crippen LogP contribution in [0.2, 0.25) is 0 Å². The predicted molar refractivity (Wildman–Crippen MR) is 107 cm³/mol. The minimum absolute atomic E-state index is 0.104. The SMILES string of the molecule is COc1ccc(OC[C@@H](O)CNC[C@@H](O)c2ccccc2)c(C(C)(C)C)c1. The van der Waals surface area contributed by atoms with Gasteiger partial charge in [-0.25, -0.2) is 0 Å². The summed E-state index contributed by atoms with van der Waals surface area (Å²) in [5.74, 6) is 1.52. The van der Waals surface area contributed by atoms with Gasteiger partial charge in [-0.3, -0.25) is 0 Å². The molecule has 2 aromatic carbocycles. The fourth-order valence-electron chi connectivity index (χ4n) is 2.77. The zero-order valence-electron chi connectivity index (χ0n) is 16.6. The summed E-state index contributed by atoms with van der Waals surface area (Å²) in [5, 5.41) is 23.4. The lowest BCUT2D eigenvalue weighted by Gasteiger charge is -2.24. The van der Waals surface area contributed by atoms with Gasteiger partial charge in [0.25, 0.3) is 0 Å². The first kappa shape index (κ1) is 21.2. The summed E-state index contributed by atoms with van der Waals surface area (Å²) in [6, 6.07) is 15.1. The Balaban J connectivity index is 1.84. The molecule has 0 saturated heterocycles. The second-order valence-electron chi connectivity index (χ2n) is 7.66. The van der Waals surface area contributed by atoms with E-state index in [0.29, 0.717) is 13.1 Å². The minimum atomic E-state index is -0.678. The first-order chi connectivity index (χ1) is 12.8. The van der Waals surface area contributed by atoms with Crippen LogP contribution in [0.1, 0.15) is 38.0 Å². The molecule has 148 valence electrons. The number of aliphatic hydroxyl groups is 2. The molecule has 0 aromatic heterocycles. The van der Waals surface area contributed by atoms with Crippen LogP contribution in [0.5, 0.6) is 11.5 Å². The van der Waals surface area contributed by atoms with Crippen LogP contribution in [-0.2, 0) is 5.41 Å². The van der Waals surface area contributed by atoms with Gasteiger partial charge in [0.15, 0.2) is 0 Å². The maximum atomic E-state index is 10.2. The molecule has 0 aliphatic carbocycles. The molecule has 0 heterocycles. The van der Waals surface area contributed by atoms with Gasteiger partial charge in [0.05, 0.1) is 13.2 Å². The first-order valence-corrected chi connectivity index (χ1v) is 9.24. The fourth-order valence-corrected chi connectivity index (χ4v) is 2.77. The van der Waals surface area contributed by atoms with E-state index in [9.17, 15) is 10.2 Å². The van der Waals surface area contributed by atoms with Gasteiger partial charge in [0, 0.05) is 18.7 Å². The van der Waals surface area contributed by atoms with Crippen LogP contribution in [0.4, 0.5) is 0 Å². The van der Waals surface area contributed by atoms with Crippen molar-refractivity contribution in [2.45, 2.75) is 38.4 Å². The topological polar surface area (TPSA) is 71.0 Å². The standard InChI is InChI=1S/C22H31NO4/c1-22(2,3)19-12-18(26-4)10-11-21(19)27-15-17(24)13-23-14-20(25)16-8-6-5-7-9-16/h5-12,17,20,23-25H,13-15H2,1-4H3/t17-,20+/m0/s1. The summed E-state index contributed by atoms with van der Waals surface area (Å²) in [4.78, 5) is 0. The Morgan fingerprint density at radius 2 is 1.70 bits per heavy atom. The molecule has 0 aliphatic heterocycles. The van der Waals surface area contributed by atoms with Gasteiger partial charge in [0.1, 0.15) is 24.2 Å². The zero-order chi connectivity index (χ0) is 19.9. The molecule has 5 heteroatoms. The number of benzene rings is 2. The molecular weight excluding hydrogens is 342 g/mol. The van der Waals surface area contributed by atoms with Crippen LogP contribution in [0.15, 0.2) is 48.5 Å². The Bertz CT molecular complexity index is 697. The Hall–Kier alpha value is -2.08. The third kappa shape index (κ3) is 6.54. The quantitative estimate of drug-likeness (QED) is 0.630. The highest BCUT2D eigenvalue weighted by Gasteiger charge is 2.20. The van der Waals surface area contributed by atoms with Crippen LogP contribution >= 0.6 is 0 Å². The summed E-state index contributed by atoms with van der Waals surface area (Å²) in [6.45, 7) is 7.21. The van der Waals surface area contributed by atoms with E-state index in [1.54, 1.807) is 7.11 Å². The molecule has 2 rings (SSSR count). The van der Waals surface area contributed by atoms with Gasteiger partial charge in [-0.2, -0.15) is 0 Å². The molecule has 3 N–H and O–H groups in total. The molecule has 0 unspecified atom stereocenters. The van der Waals surface area contributed by atoms with Crippen molar-refractivity contribution in [3.8, 4) is 11.5 Å². The Labute approximate surface area is 162 Å². The second-order valence-corrected chi connectivity index (χ2v) is 7.66. The summed E-state index contributed by atoms with van der Waals surface area (Å²) in [6.07, 6.45) is -1.28. The van der Waals surface area contributed by atoms with E-state index in [2.05, 4.69) is 26.1 Å². The number of hydrogen-bond acceptors (Lipinski definition) is 5. The van der Waals surface area contributed by atoms with E-state index in [1.807, 2.05) is 48.5 Å². The van der Waals surface area contributed by atoms with Gasteiger partial charge >= 0.3 is 0 Å². The second kappa shape index (κ2) is 9.74. The third-order valence-corrected chi connectivity index (χ3v) is 4.33. The van der Waals surface area contributed by atoms with Crippen molar-refractivity contribution in [3.63, 3.8) is 0 Å². The lowest BCUT2D eigenvalue weighted by molar-refractivity contribution is 0.0986. The van der Waals surface area contributed by atoms with Crippen molar-refractivity contribution in [2.75, 3.05) is 26.8 Å². The molecule has 0 bridgehead atoms. The Kier molecular flexibility index (Phi) is 7.66. The molecule has 27 heavy (non-hydrogen) atoms. The molecule has 0 aliphatic rings. The third-order valence-electron chi connectivity index (χ3n) is 4.33. The van der Waals surface area contributed by atoms with Gasteiger partial charge in [-0.15, -0.1) is 0 Å². The maximum Gasteiger partial charge on any atom is 0.123 e. The number of nitrogens with one attached hydrogen (secondary N) is 1. The van der Waals surface area contributed by atoms with E-state index in [0.717, 1.165) is 22.6 Å². The minimum Gasteiger partial charge on any atom is -0.497 e. The van der Waals surface area contributed by atoms with E-state index < -0.39 is 12.2 Å². The molecule has 0 radical (unpaired) electrons. The van der Waals surface area contributed by atoms with Gasteiger partial charge in [-0.1, -0.05) is 51.1 Å². The van der Waals surface area contributed by atoms with Crippen molar-refractivity contribution in [2.24, 2.45) is 0 Å². The van der Waals surface area contributed by atoms with Gasteiger partial charge < -0.3 is 25.0 Å². The normalized spacial score (nSPS) is 13.9. The first-order valence-electron chi connectivity index (χ1n) is 9.24. The van der Waals surface area contributed by atoms with Crippen LogP contribution in [0.25, 0.3) is 0 Å². The van der Waals surface area contributed by atoms with E-state index in [1.165, 1.54) is 0 Å². The van der Waals surface area contributed by atoms with E-state index >= 15 is 0 Å². The largest absolute Gasteiger partial charge is 0.497 e. The number of ether oxygens (including phenoxy) is 2. The van der Waals surface area contributed by atoms with E-state index in [-0.39, 0.29) is 12.0 Å². The monoisotopic (exact) mass is 373 g/mol. The van der Waals surface area contributed by atoms with Gasteiger partial charge in [0.2, 0.25) is 0 Å². The smallest absolute Gasteiger partial charge is 0.123 e. The van der Waals surface area contributed by atoms with Crippen molar-refractivity contribution in [1.82, 2.24) is 5.32 Å². The molecule has 0 amide bonds. The summed E-state index contributed by atoms with van der Waals surface area (Å²) in [7, 11) is 1.64. The molecular formula is C22H31NO4. The van der Waals surface area contributed by atoms with Crippen LogP contribution in [0.3, 0.4) is 0 Å². The van der Waals surface area contributed by atoms with Crippen LogP contribution in [-0.4, -0.2) is 43.1 Å². The molecule has 5 nitrogen and oxygen atoms in total. The highest BCUT2D eigenvalue weighted by atomic mass is 16.5. The number of aliphatic hydroxyl groups excluding tert-OH is 2. The van der Waals surface area contributed by atoms with Gasteiger partial charge in [-0.05, 0) is 29.2 Å². The van der Waals surface area contributed by atoms with E-state index in [4.69, 9.17) is 9.47 Å². The summed E-state index contributed by atoms with van der Waals surface area (Å²) in [5.41, 5.74) is 1.78. The molecule has 0 saturated carbocycles. The summed E-state index contributed by atoms with van der Waals surface area (Å²) < 4.78 is 11.2. The van der Waals surface area contributed by atoms with Crippen molar-refractivity contribution in [3.05, 3.63) is 59.7 Å². The predicted octanol–water partition coefficient (Wildman–Crippen LogP) is 3.06. The zero-order valence-corrected chi connectivity index (χ0v) is 16.6. The van der Waals surface area contributed by atoms with Crippen molar-refractivity contribution >= 4 is 0 Å². The Morgan fingerprint density at radius 1 is 1.00 bits per heavy atom. The lowest BCUT2D eigenvalue weighted by Crippen LogP contribution is -2.34. The van der Waals surface area contributed by atoms with Crippen molar-refractivity contribution < 1.29 is 19.7 Å².